The first-order valence-electron chi connectivity index (χ1n) is 9.98. The minimum Gasteiger partial charge on any atom is -0.493 e. The highest BCUT2D eigenvalue weighted by Crippen LogP contribution is 2.34. The molecule has 2 rings (SSSR count). The molecular formula is C24H33ClO4. The summed E-state index contributed by atoms with van der Waals surface area (Å²) in [5, 5.41) is 9.71. The second kappa shape index (κ2) is 10.9. The zero-order valence-electron chi connectivity index (χ0n) is 18.1. The third-order valence-corrected chi connectivity index (χ3v) is 5.59. The minimum absolute atomic E-state index is 0.166. The summed E-state index contributed by atoms with van der Waals surface area (Å²) in [6.07, 6.45) is -0.632. The monoisotopic (exact) mass is 420 g/mol. The van der Waals surface area contributed by atoms with Crippen LogP contribution in [0.2, 0.25) is 0 Å². The Labute approximate surface area is 179 Å². The Morgan fingerprint density at radius 1 is 0.966 bits per heavy atom. The summed E-state index contributed by atoms with van der Waals surface area (Å²) in [5.41, 5.74) is 3.35. The quantitative estimate of drug-likeness (QED) is 0.522. The number of methoxy groups -OCH3 is 1. The molecule has 160 valence electrons. The van der Waals surface area contributed by atoms with E-state index in [1.165, 1.54) is 11.1 Å². The van der Waals surface area contributed by atoms with Crippen molar-refractivity contribution >= 4 is 11.6 Å². The summed E-state index contributed by atoms with van der Waals surface area (Å²) >= 11 is 5.86. The van der Waals surface area contributed by atoms with Gasteiger partial charge in [0.15, 0.2) is 0 Å². The fourth-order valence-corrected chi connectivity index (χ4v) is 3.13. The van der Waals surface area contributed by atoms with Crippen molar-refractivity contribution in [3.63, 3.8) is 0 Å². The topological polar surface area (TPSA) is 47.9 Å². The van der Waals surface area contributed by atoms with Gasteiger partial charge in [-0.1, -0.05) is 45.0 Å². The van der Waals surface area contributed by atoms with E-state index in [0.29, 0.717) is 18.4 Å². The molecule has 0 unspecified atom stereocenters. The average molecular weight is 421 g/mol. The summed E-state index contributed by atoms with van der Waals surface area (Å²) in [4.78, 5) is 0. The highest BCUT2D eigenvalue weighted by molar-refractivity contribution is 6.18. The first-order chi connectivity index (χ1) is 13.8. The molecule has 0 radical (unpaired) electrons. The number of aliphatic hydroxyl groups excluding tert-OH is 1. The third-order valence-electron chi connectivity index (χ3n) is 5.06. The Hall–Kier alpha value is -1.75. The number of alkyl halides is 1. The van der Waals surface area contributed by atoms with Crippen LogP contribution in [0.3, 0.4) is 0 Å². The second-order valence-corrected chi connectivity index (χ2v) is 8.43. The lowest BCUT2D eigenvalue weighted by Crippen LogP contribution is -2.22. The van der Waals surface area contributed by atoms with E-state index in [-0.39, 0.29) is 18.6 Å². The van der Waals surface area contributed by atoms with Crippen LogP contribution in [0, 0.1) is 12.8 Å². The molecule has 0 amide bonds. The largest absolute Gasteiger partial charge is 0.493 e. The van der Waals surface area contributed by atoms with Gasteiger partial charge in [0.2, 0.25) is 0 Å². The van der Waals surface area contributed by atoms with Gasteiger partial charge in [0, 0.05) is 24.3 Å². The van der Waals surface area contributed by atoms with Gasteiger partial charge in [-0.3, -0.25) is 0 Å². The SMILES string of the molecule is COC[C@H](O)COc1ccc(C(C)(C)c2ccc(OC[C@H](C)CCl)c(C)c2)cc1. The van der Waals surface area contributed by atoms with Crippen molar-refractivity contribution in [1.82, 2.24) is 0 Å². The van der Waals surface area contributed by atoms with Gasteiger partial charge in [-0.25, -0.2) is 0 Å². The molecule has 0 heterocycles. The van der Waals surface area contributed by atoms with Crippen molar-refractivity contribution < 1.29 is 19.3 Å². The number of rotatable bonds is 11. The predicted octanol–water partition coefficient (Wildman–Crippen LogP) is 4.96. The van der Waals surface area contributed by atoms with E-state index in [1.807, 2.05) is 18.2 Å². The van der Waals surface area contributed by atoms with Crippen LogP contribution in [0.1, 0.15) is 37.5 Å². The van der Waals surface area contributed by atoms with E-state index in [0.717, 1.165) is 17.1 Å². The van der Waals surface area contributed by atoms with E-state index in [4.69, 9.17) is 25.8 Å². The van der Waals surface area contributed by atoms with E-state index in [9.17, 15) is 5.11 Å². The molecule has 2 atom stereocenters. The molecule has 0 aliphatic carbocycles. The van der Waals surface area contributed by atoms with Crippen LogP contribution in [0.15, 0.2) is 42.5 Å². The second-order valence-electron chi connectivity index (χ2n) is 8.12. The molecule has 0 bridgehead atoms. The van der Waals surface area contributed by atoms with Gasteiger partial charge in [0.05, 0.1) is 13.2 Å². The van der Waals surface area contributed by atoms with Crippen LogP contribution in [-0.2, 0) is 10.2 Å². The predicted molar refractivity (Wildman–Crippen MR) is 119 cm³/mol. The van der Waals surface area contributed by atoms with Gasteiger partial charge in [-0.05, 0) is 41.8 Å². The fraction of sp³-hybridized carbons (Fsp3) is 0.500. The van der Waals surface area contributed by atoms with Gasteiger partial charge in [0.25, 0.3) is 0 Å². The molecule has 2 aromatic rings. The number of benzene rings is 2. The average Bonchev–Trinajstić information content (AvgIpc) is 2.71. The number of ether oxygens (including phenoxy) is 3. The van der Waals surface area contributed by atoms with Crippen molar-refractivity contribution in [2.75, 3.05) is 32.8 Å². The number of aliphatic hydroxyl groups is 1. The van der Waals surface area contributed by atoms with Gasteiger partial charge in [-0.2, -0.15) is 0 Å². The van der Waals surface area contributed by atoms with Crippen molar-refractivity contribution in [2.24, 2.45) is 5.92 Å². The molecule has 0 fully saturated rings. The summed E-state index contributed by atoms with van der Waals surface area (Å²) in [6, 6.07) is 14.4. The van der Waals surface area contributed by atoms with Gasteiger partial charge >= 0.3 is 0 Å². The minimum atomic E-state index is -0.632. The maximum Gasteiger partial charge on any atom is 0.122 e. The molecule has 1 N–H and O–H groups in total. The zero-order chi connectivity index (χ0) is 21.4. The van der Waals surface area contributed by atoms with Crippen LogP contribution in [-0.4, -0.2) is 44.0 Å². The summed E-state index contributed by atoms with van der Waals surface area (Å²) in [5.74, 6) is 2.55. The number of halogens is 1. The highest BCUT2D eigenvalue weighted by atomic mass is 35.5. The maximum absolute atomic E-state index is 9.71. The van der Waals surface area contributed by atoms with Crippen LogP contribution < -0.4 is 9.47 Å². The molecule has 0 aliphatic rings. The zero-order valence-corrected chi connectivity index (χ0v) is 18.8. The molecule has 0 aliphatic heterocycles. The van der Waals surface area contributed by atoms with E-state index >= 15 is 0 Å². The third kappa shape index (κ3) is 6.63. The number of hydrogen-bond donors (Lipinski definition) is 1. The number of aryl methyl sites for hydroxylation is 1. The van der Waals surface area contributed by atoms with E-state index < -0.39 is 6.10 Å². The molecule has 2 aromatic carbocycles. The summed E-state index contributed by atoms with van der Waals surface area (Å²) < 4.78 is 16.5. The van der Waals surface area contributed by atoms with Crippen molar-refractivity contribution in [3.8, 4) is 11.5 Å². The lowest BCUT2D eigenvalue weighted by atomic mass is 9.77. The van der Waals surface area contributed by atoms with Crippen LogP contribution in [0.5, 0.6) is 11.5 Å². The molecule has 0 saturated heterocycles. The Kier molecular flexibility index (Phi) is 8.81. The van der Waals surface area contributed by atoms with Crippen molar-refractivity contribution in [2.45, 2.75) is 39.2 Å². The molecule has 0 saturated carbocycles. The first-order valence-corrected chi connectivity index (χ1v) is 10.5. The molecule has 0 aromatic heterocycles. The molecule has 4 nitrogen and oxygen atoms in total. The number of hydrogen-bond acceptors (Lipinski definition) is 4. The Morgan fingerprint density at radius 3 is 2.21 bits per heavy atom. The summed E-state index contributed by atoms with van der Waals surface area (Å²) in [6.45, 7) is 9.64. The van der Waals surface area contributed by atoms with Gasteiger partial charge in [-0.15, -0.1) is 11.6 Å². The summed E-state index contributed by atoms with van der Waals surface area (Å²) in [7, 11) is 1.56. The van der Waals surface area contributed by atoms with E-state index in [1.54, 1.807) is 7.11 Å². The molecular weight excluding hydrogens is 388 g/mol. The van der Waals surface area contributed by atoms with Crippen molar-refractivity contribution in [3.05, 3.63) is 59.2 Å². The Morgan fingerprint density at radius 2 is 1.62 bits per heavy atom. The smallest absolute Gasteiger partial charge is 0.122 e. The molecule has 0 spiro atoms. The van der Waals surface area contributed by atoms with Crippen molar-refractivity contribution in [1.29, 1.82) is 0 Å². The van der Waals surface area contributed by atoms with Gasteiger partial charge in [0.1, 0.15) is 24.2 Å². The maximum atomic E-state index is 9.71. The van der Waals surface area contributed by atoms with E-state index in [2.05, 4.69) is 52.0 Å². The lowest BCUT2D eigenvalue weighted by molar-refractivity contribution is 0.0325. The Bertz CT molecular complexity index is 758. The molecule has 5 heteroatoms. The standard InChI is InChI=1S/C24H33ClO4/c1-17(13-25)14-29-23-11-8-20(12-18(23)2)24(3,4)19-6-9-22(10-7-19)28-16-21(26)15-27-5/h6-12,17,21,26H,13-16H2,1-5H3/t17-,21+/m1/s1. The first kappa shape index (κ1) is 23.5. The highest BCUT2D eigenvalue weighted by Gasteiger charge is 2.24. The lowest BCUT2D eigenvalue weighted by Gasteiger charge is -2.27. The normalized spacial score (nSPS) is 13.8. The van der Waals surface area contributed by atoms with Crippen LogP contribution in [0.4, 0.5) is 0 Å². The van der Waals surface area contributed by atoms with Crippen LogP contribution in [0.25, 0.3) is 0 Å². The fourth-order valence-electron chi connectivity index (χ4n) is 3.04. The van der Waals surface area contributed by atoms with Crippen LogP contribution >= 0.6 is 11.6 Å². The Balaban J connectivity index is 2.08. The molecule has 29 heavy (non-hydrogen) atoms. The van der Waals surface area contributed by atoms with Gasteiger partial charge < -0.3 is 19.3 Å².